The molecule has 2 heterocycles. The normalized spacial score (nSPS) is 12.5. The Morgan fingerprint density at radius 2 is 1.77 bits per heavy atom. The molecule has 1 amide bonds. The van der Waals surface area contributed by atoms with Crippen molar-refractivity contribution in [1.82, 2.24) is 20.1 Å². The van der Waals surface area contributed by atoms with E-state index in [9.17, 15) is 4.79 Å². The fourth-order valence-corrected chi connectivity index (χ4v) is 4.08. The second-order valence-corrected chi connectivity index (χ2v) is 9.10. The Labute approximate surface area is 182 Å². The van der Waals surface area contributed by atoms with Crippen molar-refractivity contribution >= 4 is 17.7 Å². The number of aromatic nitrogens is 3. The quantitative estimate of drug-likeness (QED) is 0.507. The molecule has 0 aliphatic heterocycles. The van der Waals surface area contributed by atoms with Gasteiger partial charge in [0.05, 0.1) is 23.6 Å². The van der Waals surface area contributed by atoms with Crippen molar-refractivity contribution in [3.8, 4) is 11.4 Å². The highest BCUT2D eigenvalue weighted by Gasteiger charge is 2.20. The number of carbonyl (C=O) groups is 1. The second kappa shape index (κ2) is 9.51. The lowest BCUT2D eigenvalue weighted by atomic mass is 9.93. The molecular weight excluding hydrogens is 396 g/mol. The number of hydrogen-bond donors (Lipinski definition) is 1. The number of carbonyl (C=O) groups excluding carboxylic acids is 1. The minimum absolute atomic E-state index is 0.0179. The van der Waals surface area contributed by atoms with Gasteiger partial charge in [-0.05, 0) is 36.0 Å². The van der Waals surface area contributed by atoms with Gasteiger partial charge in [0.25, 0.3) is 0 Å². The van der Waals surface area contributed by atoms with Gasteiger partial charge in [-0.2, -0.15) is 0 Å². The molecular formula is C23H30N4O2S. The first-order valence-electron chi connectivity index (χ1n) is 10.2. The number of benzene rings is 1. The van der Waals surface area contributed by atoms with E-state index in [1.165, 1.54) is 17.3 Å². The van der Waals surface area contributed by atoms with Crippen LogP contribution in [0.1, 0.15) is 56.5 Å². The summed E-state index contributed by atoms with van der Waals surface area (Å²) < 4.78 is 7.25. The lowest BCUT2D eigenvalue weighted by Gasteiger charge is -2.23. The number of nitrogens with one attached hydrogen (secondary N) is 1. The Balaban J connectivity index is 1.64. The summed E-state index contributed by atoms with van der Waals surface area (Å²) in [5.74, 6) is 2.57. The number of amides is 1. The van der Waals surface area contributed by atoms with E-state index in [4.69, 9.17) is 4.42 Å². The van der Waals surface area contributed by atoms with Crippen LogP contribution in [0.3, 0.4) is 0 Å². The van der Waals surface area contributed by atoms with Gasteiger partial charge in [-0.25, -0.2) is 0 Å². The number of aryl methyl sites for hydroxylation is 1. The monoisotopic (exact) mass is 426 g/mol. The van der Waals surface area contributed by atoms with Crippen molar-refractivity contribution in [2.45, 2.75) is 51.7 Å². The zero-order valence-electron chi connectivity index (χ0n) is 18.5. The number of hydrogen-bond acceptors (Lipinski definition) is 5. The molecule has 0 saturated heterocycles. The Morgan fingerprint density at radius 3 is 2.33 bits per heavy atom. The largest absolute Gasteiger partial charge is 0.469 e. The molecule has 30 heavy (non-hydrogen) atoms. The molecule has 0 spiro atoms. The number of thioether (sulfide) groups is 1. The van der Waals surface area contributed by atoms with Gasteiger partial charge in [0.1, 0.15) is 5.76 Å². The van der Waals surface area contributed by atoms with Gasteiger partial charge >= 0.3 is 0 Å². The lowest BCUT2D eigenvalue weighted by Crippen LogP contribution is -2.33. The minimum Gasteiger partial charge on any atom is -0.469 e. The van der Waals surface area contributed by atoms with Gasteiger partial charge in [-0.1, -0.05) is 63.7 Å². The maximum atomic E-state index is 12.7. The molecule has 6 nitrogen and oxygen atoms in total. The van der Waals surface area contributed by atoms with Crippen LogP contribution in [0.4, 0.5) is 0 Å². The average Bonchev–Trinajstić information content (AvgIpc) is 3.29. The predicted octanol–water partition coefficient (Wildman–Crippen LogP) is 5.11. The Hall–Kier alpha value is -2.54. The predicted molar refractivity (Wildman–Crippen MR) is 120 cm³/mol. The van der Waals surface area contributed by atoms with Crippen molar-refractivity contribution in [2.24, 2.45) is 13.0 Å². The Kier molecular flexibility index (Phi) is 7.02. The van der Waals surface area contributed by atoms with Gasteiger partial charge in [-0.15, -0.1) is 10.2 Å². The van der Waals surface area contributed by atoms with Gasteiger partial charge in [0.2, 0.25) is 5.91 Å². The van der Waals surface area contributed by atoms with Crippen molar-refractivity contribution in [2.75, 3.05) is 5.75 Å². The molecule has 1 N–H and O–H groups in total. The SMILES string of the molecule is Cc1occc1-c1nnc(SCC(=O)N[C@H](c2ccc(C(C)C)cc2)C(C)C)n1C. The third kappa shape index (κ3) is 4.95. The summed E-state index contributed by atoms with van der Waals surface area (Å²) in [6.45, 7) is 10.5. The zero-order valence-corrected chi connectivity index (χ0v) is 19.3. The van der Waals surface area contributed by atoms with Crippen LogP contribution in [0, 0.1) is 12.8 Å². The average molecular weight is 427 g/mol. The summed E-state index contributed by atoms with van der Waals surface area (Å²) in [6.07, 6.45) is 1.64. The summed E-state index contributed by atoms with van der Waals surface area (Å²) in [5.41, 5.74) is 3.34. The molecule has 7 heteroatoms. The summed E-state index contributed by atoms with van der Waals surface area (Å²) in [7, 11) is 1.90. The third-order valence-electron chi connectivity index (χ3n) is 5.21. The van der Waals surface area contributed by atoms with E-state index < -0.39 is 0 Å². The van der Waals surface area contributed by atoms with Crippen molar-refractivity contribution < 1.29 is 9.21 Å². The van der Waals surface area contributed by atoms with E-state index in [1.54, 1.807) is 6.26 Å². The van der Waals surface area contributed by atoms with E-state index in [1.807, 2.05) is 24.6 Å². The molecule has 0 aliphatic carbocycles. The van der Waals surface area contributed by atoms with Crippen molar-refractivity contribution in [1.29, 1.82) is 0 Å². The molecule has 0 unspecified atom stereocenters. The van der Waals surface area contributed by atoms with Crippen LogP contribution in [0.5, 0.6) is 0 Å². The van der Waals surface area contributed by atoms with E-state index in [0.717, 1.165) is 22.7 Å². The molecule has 3 rings (SSSR count). The first kappa shape index (κ1) is 22.2. The van der Waals surface area contributed by atoms with E-state index >= 15 is 0 Å². The standard InChI is InChI=1S/C23H30N4O2S/c1-14(2)17-7-9-18(10-8-17)21(15(3)4)24-20(28)13-30-23-26-25-22(27(23)6)19-11-12-29-16(19)5/h7-12,14-15,21H,13H2,1-6H3,(H,24,28)/t21-/m0/s1. The van der Waals surface area contributed by atoms with Crippen LogP contribution in [0.2, 0.25) is 0 Å². The molecule has 160 valence electrons. The maximum Gasteiger partial charge on any atom is 0.230 e. The summed E-state index contributed by atoms with van der Waals surface area (Å²) in [6, 6.07) is 10.4. The van der Waals surface area contributed by atoms with E-state index in [-0.39, 0.29) is 23.6 Å². The summed E-state index contributed by atoms with van der Waals surface area (Å²) in [4.78, 5) is 12.7. The number of rotatable bonds is 8. The fraction of sp³-hybridized carbons (Fsp3) is 0.435. The van der Waals surface area contributed by atoms with Gasteiger partial charge < -0.3 is 14.3 Å². The van der Waals surface area contributed by atoms with E-state index in [0.29, 0.717) is 11.1 Å². The molecule has 0 aliphatic rings. The highest BCUT2D eigenvalue weighted by atomic mass is 32.2. The first-order chi connectivity index (χ1) is 14.3. The molecule has 0 bridgehead atoms. The molecule has 0 saturated carbocycles. The third-order valence-corrected chi connectivity index (χ3v) is 6.23. The smallest absolute Gasteiger partial charge is 0.230 e. The van der Waals surface area contributed by atoms with Crippen molar-refractivity contribution in [3.05, 3.63) is 53.5 Å². The molecule has 0 radical (unpaired) electrons. The Morgan fingerprint density at radius 1 is 1.10 bits per heavy atom. The Bertz CT molecular complexity index is 989. The summed E-state index contributed by atoms with van der Waals surface area (Å²) >= 11 is 1.38. The van der Waals surface area contributed by atoms with Crippen LogP contribution >= 0.6 is 11.8 Å². The molecule has 3 aromatic rings. The fourth-order valence-electron chi connectivity index (χ4n) is 3.36. The van der Waals surface area contributed by atoms with Crippen molar-refractivity contribution in [3.63, 3.8) is 0 Å². The van der Waals surface area contributed by atoms with Crippen LogP contribution in [-0.4, -0.2) is 26.4 Å². The second-order valence-electron chi connectivity index (χ2n) is 8.15. The number of nitrogens with zero attached hydrogens (tertiary/aromatic N) is 3. The highest BCUT2D eigenvalue weighted by Crippen LogP contribution is 2.27. The van der Waals surface area contributed by atoms with Gasteiger partial charge in [0, 0.05) is 7.05 Å². The molecule has 1 atom stereocenters. The van der Waals surface area contributed by atoms with Crippen LogP contribution < -0.4 is 5.32 Å². The topological polar surface area (TPSA) is 72.9 Å². The molecule has 1 aromatic carbocycles. The van der Waals surface area contributed by atoms with Gasteiger partial charge in [0.15, 0.2) is 11.0 Å². The van der Waals surface area contributed by atoms with Crippen LogP contribution in [-0.2, 0) is 11.8 Å². The zero-order chi connectivity index (χ0) is 21.8. The highest BCUT2D eigenvalue weighted by molar-refractivity contribution is 7.99. The first-order valence-corrected chi connectivity index (χ1v) is 11.2. The van der Waals surface area contributed by atoms with E-state index in [2.05, 4.69) is 67.5 Å². The van der Waals surface area contributed by atoms with Gasteiger partial charge in [-0.3, -0.25) is 4.79 Å². The van der Waals surface area contributed by atoms with Crippen LogP contribution in [0.15, 0.2) is 46.2 Å². The lowest BCUT2D eigenvalue weighted by molar-refractivity contribution is -0.119. The maximum absolute atomic E-state index is 12.7. The number of furan rings is 1. The molecule has 2 aromatic heterocycles. The molecule has 0 fully saturated rings. The summed E-state index contributed by atoms with van der Waals surface area (Å²) in [5, 5.41) is 12.4. The minimum atomic E-state index is -0.0250. The van der Waals surface area contributed by atoms with Crippen LogP contribution in [0.25, 0.3) is 11.4 Å².